The molecule has 0 heterocycles. The van der Waals surface area contributed by atoms with Crippen LogP contribution in [0.3, 0.4) is 0 Å². The number of amides is 1. The van der Waals surface area contributed by atoms with Crippen LogP contribution < -0.4 is 26.0 Å². The summed E-state index contributed by atoms with van der Waals surface area (Å²) in [5.74, 6) is -0.485. The molecule has 0 saturated heterocycles. The molecule has 0 aliphatic rings. The van der Waals surface area contributed by atoms with E-state index in [1.165, 1.54) is 15.9 Å². The van der Waals surface area contributed by atoms with E-state index >= 15 is 0 Å². The van der Waals surface area contributed by atoms with Gasteiger partial charge in [-0.05, 0) is 63.2 Å². The molecule has 0 unspecified atom stereocenters. The maximum absolute atomic E-state index is 13.5. The number of anilines is 1. The van der Waals surface area contributed by atoms with Crippen molar-refractivity contribution in [3.05, 3.63) is 115 Å². The van der Waals surface area contributed by atoms with E-state index in [9.17, 15) is 9.59 Å². The zero-order valence-electron chi connectivity index (χ0n) is 22.9. The number of carbonyl (C=O) groups is 2. The van der Waals surface area contributed by atoms with Crippen LogP contribution in [0.25, 0.3) is 0 Å². The molecule has 1 N–H and O–H groups in total. The van der Waals surface area contributed by atoms with Gasteiger partial charge in [0.1, 0.15) is 40.5 Å². The molecule has 0 saturated carbocycles. The third-order valence-corrected chi connectivity index (χ3v) is 11.3. The molecule has 0 aromatic heterocycles. The summed E-state index contributed by atoms with van der Waals surface area (Å²) in [7, 11) is -0.662. The largest absolute Gasteiger partial charge is 0.495 e. The van der Waals surface area contributed by atoms with E-state index in [4.69, 9.17) is 9.47 Å². The second-order valence-corrected chi connectivity index (χ2v) is 13.3. The number of nitrogens with one attached hydrogen (secondary N) is 1. The van der Waals surface area contributed by atoms with Gasteiger partial charge in [-0.25, -0.2) is 0 Å². The van der Waals surface area contributed by atoms with Crippen LogP contribution in [0.2, 0.25) is 0 Å². The molecule has 5 nitrogen and oxygen atoms in total. The summed E-state index contributed by atoms with van der Waals surface area (Å²) in [6.07, 6.45) is 0.637. The fourth-order valence-corrected chi connectivity index (χ4v) is 8.98. The van der Waals surface area contributed by atoms with Crippen molar-refractivity contribution in [3.63, 3.8) is 0 Å². The first kappa shape index (κ1) is 28.1. The average Bonchev–Trinajstić information content (AvgIpc) is 2.98. The molecule has 0 aliphatic carbocycles. The smallest absolute Gasteiger partial charge is 0.321 e. The maximum atomic E-state index is 13.5. The fourth-order valence-electron chi connectivity index (χ4n) is 4.72. The molecule has 0 spiro atoms. The van der Waals surface area contributed by atoms with Crippen LogP contribution in [0.5, 0.6) is 5.75 Å². The van der Waals surface area contributed by atoms with E-state index in [-0.39, 0.29) is 6.61 Å². The van der Waals surface area contributed by atoms with Crippen molar-refractivity contribution in [1.29, 1.82) is 0 Å². The molecule has 4 rings (SSSR count). The highest BCUT2D eigenvalue weighted by Crippen LogP contribution is 2.59. The molecule has 1 amide bonds. The summed E-state index contributed by atoms with van der Waals surface area (Å²) in [4.78, 5) is 26.1. The third kappa shape index (κ3) is 5.74. The van der Waals surface area contributed by atoms with Crippen molar-refractivity contribution in [2.75, 3.05) is 19.0 Å². The lowest BCUT2D eigenvalue weighted by molar-refractivity contribution is -0.157. The van der Waals surface area contributed by atoms with Crippen LogP contribution in [0.4, 0.5) is 5.69 Å². The highest BCUT2D eigenvalue weighted by molar-refractivity contribution is 7.95. The van der Waals surface area contributed by atoms with Crippen molar-refractivity contribution in [3.8, 4) is 5.75 Å². The van der Waals surface area contributed by atoms with Crippen molar-refractivity contribution in [2.24, 2.45) is 5.41 Å². The zero-order valence-corrected chi connectivity index (χ0v) is 23.8. The third-order valence-electron chi connectivity index (χ3n) is 6.92. The van der Waals surface area contributed by atoms with E-state index in [0.717, 1.165) is 5.56 Å². The second-order valence-electron chi connectivity index (χ2n) is 9.77. The van der Waals surface area contributed by atoms with Gasteiger partial charge in [-0.1, -0.05) is 66.7 Å². The standard InChI is InChI=1S/C33H34NO4P/c1-5-38-32(36)33(2,3)31(35)34-30-25(16-15-23-29(30)37-4)24-39(26-17-9-6-10-18-26,27-19-11-7-12-20-27)28-21-13-8-14-22-28/h6-23H,5,24H2,1-4H3/p+1. The van der Waals surface area contributed by atoms with Gasteiger partial charge in [-0.15, -0.1) is 0 Å². The maximum Gasteiger partial charge on any atom is 0.321 e. The molecule has 200 valence electrons. The Kier molecular flexibility index (Phi) is 8.83. The minimum absolute atomic E-state index is 0.202. The fraction of sp³-hybridized carbons (Fsp3) is 0.212. The van der Waals surface area contributed by atoms with Gasteiger partial charge in [0.05, 0.1) is 19.4 Å². The molecule has 39 heavy (non-hydrogen) atoms. The van der Waals surface area contributed by atoms with Gasteiger partial charge in [-0.2, -0.15) is 0 Å². The molecular formula is C33H35NO4P+. The van der Waals surface area contributed by atoms with Crippen LogP contribution in [0.15, 0.2) is 109 Å². The summed E-state index contributed by atoms with van der Waals surface area (Å²) in [6, 6.07) is 37.5. The summed E-state index contributed by atoms with van der Waals surface area (Å²) >= 11 is 0. The summed E-state index contributed by atoms with van der Waals surface area (Å²) in [6.45, 7) is 5.08. The first-order valence-electron chi connectivity index (χ1n) is 13.0. The van der Waals surface area contributed by atoms with E-state index in [1.807, 2.05) is 36.4 Å². The van der Waals surface area contributed by atoms with Gasteiger partial charge < -0.3 is 14.8 Å². The van der Waals surface area contributed by atoms with Gasteiger partial charge >= 0.3 is 5.97 Å². The van der Waals surface area contributed by atoms with E-state index < -0.39 is 24.6 Å². The minimum Gasteiger partial charge on any atom is -0.495 e. The van der Waals surface area contributed by atoms with E-state index in [1.54, 1.807) is 27.9 Å². The van der Waals surface area contributed by atoms with Crippen molar-refractivity contribution < 1.29 is 19.1 Å². The van der Waals surface area contributed by atoms with Gasteiger partial charge in [-0.3, -0.25) is 9.59 Å². The molecule has 0 radical (unpaired) electrons. The average molecular weight is 541 g/mol. The van der Waals surface area contributed by atoms with Crippen LogP contribution in [-0.2, 0) is 20.5 Å². The highest BCUT2D eigenvalue weighted by Gasteiger charge is 2.46. The highest BCUT2D eigenvalue weighted by atomic mass is 31.2. The molecule has 4 aromatic rings. The van der Waals surface area contributed by atoms with E-state index in [0.29, 0.717) is 17.6 Å². The molecule has 0 fully saturated rings. The van der Waals surface area contributed by atoms with Gasteiger partial charge in [0, 0.05) is 5.56 Å². The Hall–Kier alpha value is -3.95. The monoisotopic (exact) mass is 540 g/mol. The molecule has 0 atom stereocenters. The number of rotatable bonds is 10. The topological polar surface area (TPSA) is 64.6 Å². The lowest BCUT2D eigenvalue weighted by Crippen LogP contribution is -2.39. The Labute approximate surface area is 231 Å². The van der Waals surface area contributed by atoms with E-state index in [2.05, 4.69) is 78.1 Å². The van der Waals surface area contributed by atoms with Gasteiger partial charge in [0.25, 0.3) is 0 Å². The Balaban J connectivity index is 1.91. The predicted octanol–water partition coefficient (Wildman–Crippen LogP) is 5.72. The molecule has 4 aromatic carbocycles. The normalized spacial score (nSPS) is 11.5. The van der Waals surface area contributed by atoms with Crippen LogP contribution in [0, 0.1) is 5.41 Å². The van der Waals surface area contributed by atoms with Gasteiger partial charge in [0.15, 0.2) is 0 Å². The SMILES string of the molecule is CCOC(=O)C(C)(C)C(=O)Nc1c(C[P+](c2ccccc2)(c2ccccc2)c2ccccc2)cccc1OC. The lowest BCUT2D eigenvalue weighted by Gasteiger charge is -2.29. The Morgan fingerprint density at radius 2 is 1.23 bits per heavy atom. The number of para-hydroxylation sites is 1. The van der Waals surface area contributed by atoms with Crippen LogP contribution >= 0.6 is 7.26 Å². The number of hydrogen-bond acceptors (Lipinski definition) is 4. The summed E-state index contributed by atoms with van der Waals surface area (Å²) in [5, 5.41) is 6.73. The first-order valence-corrected chi connectivity index (χ1v) is 15.0. The Bertz CT molecular complexity index is 1310. The van der Waals surface area contributed by atoms with Crippen molar-refractivity contribution in [1.82, 2.24) is 0 Å². The summed E-state index contributed by atoms with van der Waals surface area (Å²) in [5.41, 5.74) is 0.111. The zero-order chi connectivity index (χ0) is 27.9. The molecule has 0 bridgehead atoms. The van der Waals surface area contributed by atoms with Crippen LogP contribution in [-0.4, -0.2) is 25.6 Å². The van der Waals surface area contributed by atoms with Crippen LogP contribution in [0.1, 0.15) is 26.3 Å². The molecule has 6 heteroatoms. The number of methoxy groups -OCH3 is 1. The Morgan fingerprint density at radius 3 is 1.67 bits per heavy atom. The summed E-state index contributed by atoms with van der Waals surface area (Å²) < 4.78 is 10.9. The number of carbonyl (C=O) groups excluding carboxylic acids is 2. The molecule has 0 aliphatic heterocycles. The predicted molar refractivity (Wildman–Crippen MR) is 161 cm³/mol. The second kappa shape index (κ2) is 12.3. The Morgan fingerprint density at radius 1 is 0.744 bits per heavy atom. The number of esters is 1. The number of benzene rings is 4. The minimum atomic E-state index is -2.24. The molecular weight excluding hydrogens is 505 g/mol. The van der Waals surface area contributed by atoms with Crippen molar-refractivity contribution >= 4 is 40.7 Å². The van der Waals surface area contributed by atoms with Crippen molar-refractivity contribution in [2.45, 2.75) is 26.9 Å². The lowest BCUT2D eigenvalue weighted by atomic mass is 9.92. The number of hydrogen-bond donors (Lipinski definition) is 1. The van der Waals surface area contributed by atoms with Gasteiger partial charge in [0.2, 0.25) is 5.91 Å². The quantitative estimate of drug-likeness (QED) is 0.159. The first-order chi connectivity index (χ1) is 18.8. The number of ether oxygens (including phenoxy) is 2.